The number of methoxy groups -OCH3 is 1. The molecular weight excluding hydrogens is 254 g/mol. The number of rotatable bonds is 5. The molecule has 3 amide bonds. The molecule has 1 aliphatic rings. The first-order valence-electron chi connectivity index (χ1n) is 5.97. The number of aliphatic carboxylic acids is 1. The van der Waals surface area contributed by atoms with Crippen LogP contribution in [0.4, 0.5) is 4.79 Å². The maximum Gasteiger partial charge on any atom is 0.328 e. The Morgan fingerprint density at radius 2 is 2.26 bits per heavy atom. The first-order valence-corrected chi connectivity index (χ1v) is 5.97. The van der Waals surface area contributed by atoms with Crippen LogP contribution in [0.5, 0.6) is 0 Å². The van der Waals surface area contributed by atoms with E-state index in [0.29, 0.717) is 19.6 Å². The zero-order chi connectivity index (χ0) is 14.4. The number of nitrogens with one attached hydrogen (secondary N) is 1. The molecule has 1 unspecified atom stereocenters. The predicted octanol–water partition coefficient (Wildman–Crippen LogP) is -1.04. The van der Waals surface area contributed by atoms with Crippen LogP contribution in [0.1, 0.15) is 6.42 Å². The topological polar surface area (TPSA) is 99.2 Å². The lowest BCUT2D eigenvalue weighted by Crippen LogP contribution is -2.61. The predicted molar refractivity (Wildman–Crippen MR) is 65.7 cm³/mol. The molecule has 1 atom stereocenters. The molecule has 1 aliphatic heterocycles. The first kappa shape index (κ1) is 15.2. The van der Waals surface area contributed by atoms with Gasteiger partial charge in [0, 0.05) is 33.9 Å². The monoisotopic (exact) mass is 273 g/mol. The minimum absolute atomic E-state index is 0.0637. The van der Waals surface area contributed by atoms with Crippen molar-refractivity contribution >= 4 is 17.9 Å². The molecule has 1 fully saturated rings. The summed E-state index contributed by atoms with van der Waals surface area (Å²) in [5, 5.41) is 11.5. The van der Waals surface area contributed by atoms with Crippen LogP contribution in [0.25, 0.3) is 0 Å². The van der Waals surface area contributed by atoms with Crippen molar-refractivity contribution in [3.63, 3.8) is 0 Å². The molecule has 0 aliphatic carbocycles. The average molecular weight is 273 g/mol. The van der Waals surface area contributed by atoms with E-state index in [1.54, 1.807) is 14.2 Å². The number of carbonyl (C=O) groups is 3. The van der Waals surface area contributed by atoms with E-state index in [4.69, 9.17) is 9.84 Å². The maximum atomic E-state index is 12.1. The molecule has 1 rings (SSSR count). The number of carbonyl (C=O) groups excluding carboxylic acids is 2. The van der Waals surface area contributed by atoms with E-state index in [0.717, 1.165) is 4.90 Å². The largest absolute Gasteiger partial charge is 0.480 e. The Balaban J connectivity index is 2.64. The molecule has 8 nitrogen and oxygen atoms in total. The second kappa shape index (κ2) is 6.93. The third-order valence-corrected chi connectivity index (χ3v) is 2.88. The van der Waals surface area contributed by atoms with Crippen molar-refractivity contribution in [2.75, 3.05) is 40.4 Å². The quantitative estimate of drug-likeness (QED) is 0.623. The smallest absolute Gasteiger partial charge is 0.328 e. The van der Waals surface area contributed by atoms with Gasteiger partial charge < -0.3 is 20.1 Å². The van der Waals surface area contributed by atoms with Gasteiger partial charge in [-0.05, 0) is 6.42 Å². The fourth-order valence-corrected chi connectivity index (χ4v) is 1.82. The number of carboxylic acids is 1. The van der Waals surface area contributed by atoms with E-state index < -0.39 is 18.0 Å². The molecule has 0 bridgehead atoms. The second-order valence-electron chi connectivity index (χ2n) is 4.34. The van der Waals surface area contributed by atoms with Crippen LogP contribution in [0.3, 0.4) is 0 Å². The van der Waals surface area contributed by atoms with Crippen molar-refractivity contribution in [2.45, 2.75) is 12.5 Å². The Bertz CT molecular complexity index is 360. The first-order chi connectivity index (χ1) is 8.97. The third kappa shape index (κ3) is 4.09. The van der Waals surface area contributed by atoms with Crippen molar-refractivity contribution < 1.29 is 24.2 Å². The minimum Gasteiger partial charge on any atom is -0.480 e. The SMILES string of the molecule is COCCCN(C)C(=O)N1CC(=O)NCC1C(=O)O. The van der Waals surface area contributed by atoms with Gasteiger partial charge in [0.2, 0.25) is 5.91 Å². The molecule has 0 aromatic carbocycles. The number of ether oxygens (including phenoxy) is 1. The second-order valence-corrected chi connectivity index (χ2v) is 4.34. The van der Waals surface area contributed by atoms with Gasteiger partial charge in [0.1, 0.15) is 12.6 Å². The number of carboxylic acid groups (broad SMARTS) is 1. The highest BCUT2D eigenvalue weighted by Gasteiger charge is 2.36. The Hall–Kier alpha value is -1.83. The Morgan fingerprint density at radius 1 is 1.58 bits per heavy atom. The zero-order valence-corrected chi connectivity index (χ0v) is 11.1. The van der Waals surface area contributed by atoms with Crippen LogP contribution in [-0.2, 0) is 14.3 Å². The summed E-state index contributed by atoms with van der Waals surface area (Å²) in [4.78, 5) is 37.0. The van der Waals surface area contributed by atoms with Gasteiger partial charge in [0.15, 0.2) is 0 Å². The van der Waals surface area contributed by atoms with Crippen LogP contribution in [-0.4, -0.2) is 79.3 Å². The number of piperazine rings is 1. The van der Waals surface area contributed by atoms with Crippen molar-refractivity contribution in [2.24, 2.45) is 0 Å². The highest BCUT2D eigenvalue weighted by molar-refractivity contribution is 5.90. The van der Waals surface area contributed by atoms with Gasteiger partial charge in [-0.1, -0.05) is 0 Å². The van der Waals surface area contributed by atoms with Crippen LogP contribution < -0.4 is 5.32 Å². The summed E-state index contributed by atoms with van der Waals surface area (Å²) in [7, 11) is 3.14. The molecule has 0 aromatic rings. The summed E-state index contributed by atoms with van der Waals surface area (Å²) in [5.74, 6) is -1.48. The molecule has 19 heavy (non-hydrogen) atoms. The van der Waals surface area contributed by atoms with Crippen LogP contribution in [0.15, 0.2) is 0 Å². The number of nitrogens with zero attached hydrogens (tertiary/aromatic N) is 2. The van der Waals surface area contributed by atoms with Crippen molar-refractivity contribution in [1.82, 2.24) is 15.1 Å². The van der Waals surface area contributed by atoms with Gasteiger partial charge in [-0.3, -0.25) is 9.69 Å². The third-order valence-electron chi connectivity index (χ3n) is 2.88. The lowest BCUT2D eigenvalue weighted by Gasteiger charge is -2.35. The minimum atomic E-state index is -1.13. The summed E-state index contributed by atoms with van der Waals surface area (Å²) < 4.78 is 4.88. The van der Waals surface area contributed by atoms with Gasteiger partial charge in [-0.15, -0.1) is 0 Å². The Labute approximate surface area is 111 Å². The van der Waals surface area contributed by atoms with Gasteiger partial charge >= 0.3 is 12.0 Å². The molecule has 1 saturated heterocycles. The molecule has 1 heterocycles. The van der Waals surface area contributed by atoms with E-state index in [9.17, 15) is 14.4 Å². The van der Waals surface area contributed by atoms with Crippen molar-refractivity contribution in [3.8, 4) is 0 Å². The highest BCUT2D eigenvalue weighted by atomic mass is 16.5. The van der Waals surface area contributed by atoms with Crippen LogP contribution in [0, 0.1) is 0 Å². The number of hydrogen-bond donors (Lipinski definition) is 2. The molecule has 0 radical (unpaired) electrons. The normalized spacial score (nSPS) is 18.9. The van der Waals surface area contributed by atoms with Crippen LogP contribution >= 0.6 is 0 Å². The van der Waals surface area contributed by atoms with E-state index in [1.807, 2.05) is 0 Å². The maximum absolute atomic E-state index is 12.1. The molecule has 0 saturated carbocycles. The van der Waals surface area contributed by atoms with E-state index in [2.05, 4.69) is 5.32 Å². The number of hydrogen-bond acceptors (Lipinski definition) is 4. The fraction of sp³-hybridized carbons (Fsp3) is 0.727. The van der Waals surface area contributed by atoms with Crippen LogP contribution in [0.2, 0.25) is 0 Å². The van der Waals surface area contributed by atoms with Gasteiger partial charge in [0.05, 0.1) is 0 Å². The van der Waals surface area contributed by atoms with Crippen molar-refractivity contribution in [3.05, 3.63) is 0 Å². The average Bonchev–Trinajstić information content (AvgIpc) is 2.37. The molecular formula is C11H19N3O5. The number of urea groups is 1. The molecule has 0 aromatic heterocycles. The summed E-state index contributed by atoms with van der Waals surface area (Å²) in [6.45, 7) is 0.661. The van der Waals surface area contributed by atoms with Gasteiger partial charge in [0.25, 0.3) is 0 Å². The Kier molecular flexibility index (Phi) is 5.56. The lowest BCUT2D eigenvalue weighted by molar-refractivity contribution is -0.144. The summed E-state index contributed by atoms with van der Waals surface area (Å²) >= 11 is 0. The van der Waals surface area contributed by atoms with E-state index in [1.165, 1.54) is 4.90 Å². The highest BCUT2D eigenvalue weighted by Crippen LogP contribution is 2.08. The van der Waals surface area contributed by atoms with E-state index >= 15 is 0 Å². The summed E-state index contributed by atoms with van der Waals surface area (Å²) in [5.41, 5.74) is 0. The molecule has 0 spiro atoms. The lowest BCUT2D eigenvalue weighted by atomic mass is 10.2. The summed E-state index contributed by atoms with van der Waals surface area (Å²) in [6.07, 6.45) is 0.649. The van der Waals surface area contributed by atoms with E-state index in [-0.39, 0.29) is 19.0 Å². The molecule has 8 heteroatoms. The number of amides is 3. The standard InChI is InChI=1S/C11H19N3O5/c1-13(4-3-5-19-2)11(18)14-7-9(15)12-6-8(14)10(16)17/h8H,3-7H2,1-2H3,(H,12,15)(H,16,17). The summed E-state index contributed by atoms with van der Waals surface area (Å²) in [6, 6.07) is -1.48. The fourth-order valence-electron chi connectivity index (χ4n) is 1.82. The molecule has 108 valence electrons. The van der Waals surface area contributed by atoms with Gasteiger partial charge in [-0.25, -0.2) is 9.59 Å². The molecule has 2 N–H and O–H groups in total. The van der Waals surface area contributed by atoms with Crippen molar-refractivity contribution in [1.29, 1.82) is 0 Å². The zero-order valence-electron chi connectivity index (χ0n) is 11.1. The van der Waals surface area contributed by atoms with Gasteiger partial charge in [-0.2, -0.15) is 0 Å². The Morgan fingerprint density at radius 3 is 2.84 bits per heavy atom.